The van der Waals surface area contributed by atoms with Crippen molar-refractivity contribution in [3.8, 4) is 11.4 Å². The van der Waals surface area contributed by atoms with Gasteiger partial charge in [-0.25, -0.2) is 9.37 Å². The maximum Gasteiger partial charge on any atom is 0.181 e. The number of fused-ring (bicyclic) bond motifs is 3. The van der Waals surface area contributed by atoms with Crippen LogP contribution in [0.25, 0.3) is 22.3 Å². The first-order valence-electron chi connectivity index (χ1n) is 12.0. The number of benzene rings is 2. The molecule has 8 nitrogen and oxygen atoms in total. The molecule has 37 heavy (non-hydrogen) atoms. The van der Waals surface area contributed by atoms with Crippen molar-refractivity contribution in [3.05, 3.63) is 126 Å². The van der Waals surface area contributed by atoms with E-state index in [4.69, 9.17) is 4.98 Å². The summed E-state index contributed by atoms with van der Waals surface area (Å²) in [5.41, 5.74) is 4.72. The molecule has 6 aromatic rings. The second kappa shape index (κ2) is 8.42. The van der Waals surface area contributed by atoms with Crippen molar-refractivity contribution in [2.24, 2.45) is 0 Å². The molecule has 5 heterocycles. The van der Waals surface area contributed by atoms with Crippen molar-refractivity contribution in [3.63, 3.8) is 0 Å². The normalized spacial score (nSPS) is 19.1. The van der Waals surface area contributed by atoms with E-state index in [-0.39, 0.29) is 11.9 Å². The van der Waals surface area contributed by atoms with E-state index in [1.54, 1.807) is 24.5 Å². The van der Waals surface area contributed by atoms with Gasteiger partial charge in [-0.1, -0.05) is 24.3 Å². The predicted molar refractivity (Wildman–Crippen MR) is 136 cm³/mol. The van der Waals surface area contributed by atoms with Gasteiger partial charge >= 0.3 is 0 Å². The van der Waals surface area contributed by atoms with E-state index < -0.39 is 5.54 Å². The molecule has 0 bridgehead atoms. The number of H-pyrrole nitrogens is 2. The molecule has 1 aliphatic heterocycles. The Morgan fingerprint density at radius 3 is 2.59 bits per heavy atom. The van der Waals surface area contributed by atoms with Gasteiger partial charge in [0.1, 0.15) is 17.2 Å². The van der Waals surface area contributed by atoms with E-state index in [2.05, 4.69) is 47.8 Å². The van der Waals surface area contributed by atoms with Crippen molar-refractivity contribution in [1.82, 2.24) is 40.7 Å². The number of hydrogen-bond acceptors (Lipinski definition) is 6. The van der Waals surface area contributed by atoms with E-state index in [1.807, 2.05) is 42.6 Å². The van der Waals surface area contributed by atoms with Crippen LogP contribution >= 0.6 is 0 Å². The molecule has 2 unspecified atom stereocenters. The SMILES string of the molecule is Fc1ccc(-c2n[nH]c(C3Cc4c([nH]c5ccccc45)C(c4cccnc4)(c4cccnn4)N3)n2)cc1. The van der Waals surface area contributed by atoms with E-state index in [1.165, 1.54) is 12.1 Å². The fourth-order valence-electron chi connectivity index (χ4n) is 5.31. The molecular formula is C28H21FN8. The Labute approximate surface area is 211 Å². The van der Waals surface area contributed by atoms with Gasteiger partial charge in [0.15, 0.2) is 5.82 Å². The molecule has 180 valence electrons. The van der Waals surface area contributed by atoms with Gasteiger partial charge in [0.05, 0.1) is 17.4 Å². The summed E-state index contributed by atoms with van der Waals surface area (Å²) in [5.74, 6) is 0.881. The number of pyridine rings is 1. The molecule has 0 saturated heterocycles. The largest absolute Gasteiger partial charge is 0.356 e. The quantitative estimate of drug-likeness (QED) is 0.338. The number of nitrogens with zero attached hydrogens (tertiary/aromatic N) is 5. The zero-order valence-electron chi connectivity index (χ0n) is 19.6. The van der Waals surface area contributed by atoms with Gasteiger partial charge in [-0.05, 0) is 60.5 Å². The Balaban J connectivity index is 1.44. The van der Waals surface area contributed by atoms with Crippen molar-refractivity contribution in [2.45, 2.75) is 18.0 Å². The minimum absolute atomic E-state index is 0.240. The summed E-state index contributed by atoms with van der Waals surface area (Å²) in [5, 5.41) is 21.3. The Bertz CT molecular complexity index is 1650. The first-order valence-corrected chi connectivity index (χ1v) is 12.0. The van der Waals surface area contributed by atoms with Crippen molar-refractivity contribution >= 4 is 10.9 Å². The first kappa shape index (κ1) is 21.5. The summed E-state index contributed by atoms with van der Waals surface area (Å²) in [6.45, 7) is 0. The summed E-state index contributed by atoms with van der Waals surface area (Å²) in [6.07, 6.45) is 5.94. The van der Waals surface area contributed by atoms with Crippen LogP contribution in [-0.2, 0) is 12.0 Å². The van der Waals surface area contributed by atoms with Gasteiger partial charge < -0.3 is 4.98 Å². The minimum Gasteiger partial charge on any atom is -0.356 e. The molecule has 0 aliphatic carbocycles. The molecule has 3 N–H and O–H groups in total. The van der Waals surface area contributed by atoms with Crippen LogP contribution in [0.4, 0.5) is 4.39 Å². The zero-order chi connectivity index (χ0) is 24.8. The molecule has 0 fully saturated rings. The molecular weight excluding hydrogens is 467 g/mol. The minimum atomic E-state index is -0.872. The van der Waals surface area contributed by atoms with Gasteiger partial charge in [0, 0.05) is 40.6 Å². The fraction of sp³-hybridized carbons (Fsp3) is 0.107. The third kappa shape index (κ3) is 3.43. The lowest BCUT2D eigenvalue weighted by Crippen LogP contribution is -2.51. The monoisotopic (exact) mass is 488 g/mol. The molecule has 2 aromatic carbocycles. The topological polar surface area (TPSA) is 108 Å². The molecule has 0 spiro atoms. The van der Waals surface area contributed by atoms with Crippen LogP contribution in [0.2, 0.25) is 0 Å². The van der Waals surface area contributed by atoms with Gasteiger partial charge in [0.25, 0.3) is 0 Å². The number of hydrogen-bond donors (Lipinski definition) is 3. The fourth-order valence-corrected chi connectivity index (χ4v) is 5.31. The lowest BCUT2D eigenvalue weighted by molar-refractivity contribution is 0.341. The number of para-hydroxylation sites is 1. The van der Waals surface area contributed by atoms with E-state index in [0.717, 1.165) is 39.0 Å². The molecule has 0 saturated carbocycles. The van der Waals surface area contributed by atoms with Crippen LogP contribution in [0.15, 0.2) is 91.4 Å². The molecule has 1 aliphatic rings. The Morgan fingerprint density at radius 2 is 1.78 bits per heavy atom. The molecule has 9 heteroatoms. The second-order valence-electron chi connectivity index (χ2n) is 9.08. The number of aromatic nitrogens is 7. The summed E-state index contributed by atoms with van der Waals surface area (Å²) < 4.78 is 13.5. The maximum absolute atomic E-state index is 13.5. The molecule has 2 atom stereocenters. The standard InChI is InChI=1S/C28H21FN8/c29-19-11-9-17(10-12-19)26-33-27(37-36-26)23-15-21-20-6-1-2-7-22(20)32-25(21)28(34-23,18-5-3-13-30-16-18)24-8-4-14-31-35-24/h1-14,16,23,32,34H,15H2,(H,33,36,37). The van der Waals surface area contributed by atoms with Gasteiger partial charge in [0.2, 0.25) is 0 Å². The maximum atomic E-state index is 13.5. The van der Waals surface area contributed by atoms with E-state index >= 15 is 0 Å². The predicted octanol–water partition coefficient (Wildman–Crippen LogP) is 4.46. The van der Waals surface area contributed by atoms with E-state index in [9.17, 15) is 4.39 Å². The number of rotatable bonds is 4. The number of halogens is 1. The smallest absolute Gasteiger partial charge is 0.181 e. The molecule has 0 amide bonds. The summed E-state index contributed by atoms with van der Waals surface area (Å²) in [4.78, 5) is 12.9. The highest BCUT2D eigenvalue weighted by Crippen LogP contribution is 2.45. The van der Waals surface area contributed by atoms with Gasteiger partial charge in [-0.15, -0.1) is 0 Å². The van der Waals surface area contributed by atoms with Crippen LogP contribution in [-0.4, -0.2) is 35.3 Å². The van der Waals surface area contributed by atoms with Crippen molar-refractivity contribution in [2.75, 3.05) is 0 Å². The van der Waals surface area contributed by atoms with Crippen LogP contribution in [0.5, 0.6) is 0 Å². The summed E-state index contributed by atoms with van der Waals surface area (Å²) in [7, 11) is 0. The summed E-state index contributed by atoms with van der Waals surface area (Å²) >= 11 is 0. The van der Waals surface area contributed by atoms with Crippen molar-refractivity contribution < 1.29 is 4.39 Å². The first-order chi connectivity index (χ1) is 18.2. The summed E-state index contributed by atoms with van der Waals surface area (Å²) in [6, 6.07) is 22.0. The van der Waals surface area contributed by atoms with Crippen LogP contribution in [0, 0.1) is 5.82 Å². The lowest BCUT2D eigenvalue weighted by atomic mass is 9.77. The highest BCUT2D eigenvalue weighted by Gasteiger charge is 2.47. The van der Waals surface area contributed by atoms with Crippen LogP contribution in [0.3, 0.4) is 0 Å². The lowest BCUT2D eigenvalue weighted by Gasteiger charge is -2.41. The zero-order valence-corrected chi connectivity index (χ0v) is 19.6. The third-order valence-electron chi connectivity index (χ3n) is 6.97. The highest BCUT2D eigenvalue weighted by molar-refractivity contribution is 5.86. The van der Waals surface area contributed by atoms with Gasteiger partial charge in [-0.2, -0.15) is 15.3 Å². The third-order valence-corrected chi connectivity index (χ3v) is 6.97. The Morgan fingerprint density at radius 1 is 0.919 bits per heavy atom. The Kier molecular flexibility index (Phi) is 4.90. The average Bonchev–Trinajstić information content (AvgIpc) is 3.60. The van der Waals surface area contributed by atoms with Crippen LogP contribution in [0.1, 0.15) is 34.4 Å². The van der Waals surface area contributed by atoms with E-state index in [0.29, 0.717) is 18.1 Å². The average molecular weight is 489 g/mol. The number of aromatic amines is 2. The molecule has 4 aromatic heterocycles. The van der Waals surface area contributed by atoms with Crippen LogP contribution < -0.4 is 5.32 Å². The second-order valence-corrected chi connectivity index (χ2v) is 9.08. The molecule has 0 radical (unpaired) electrons. The van der Waals surface area contributed by atoms with Crippen molar-refractivity contribution in [1.29, 1.82) is 0 Å². The molecule has 7 rings (SSSR count). The Hall–Kier alpha value is -4.76. The highest BCUT2D eigenvalue weighted by atomic mass is 19.1. The van der Waals surface area contributed by atoms with Gasteiger partial charge in [-0.3, -0.25) is 15.4 Å². The number of nitrogens with one attached hydrogen (secondary N) is 3.